The molecular weight excluding hydrogens is 448 g/mol. The van der Waals surface area contributed by atoms with Crippen LogP contribution < -0.4 is 10.6 Å². The lowest BCUT2D eigenvalue weighted by atomic mass is 10.1. The molecule has 0 heterocycles. The van der Waals surface area contributed by atoms with Crippen LogP contribution in [0, 0.1) is 5.82 Å². The Kier molecular flexibility index (Phi) is 11.9. The minimum atomic E-state index is -2.98. The second-order valence-corrected chi connectivity index (χ2v) is 7.30. The average molecular weight is 473 g/mol. The predicted molar refractivity (Wildman–Crippen MR) is 105 cm³/mol. The molecule has 0 fully saturated rings. The van der Waals surface area contributed by atoms with Gasteiger partial charge in [0.05, 0.1) is 19.0 Å². The van der Waals surface area contributed by atoms with Gasteiger partial charge in [0, 0.05) is 26.4 Å². The van der Waals surface area contributed by atoms with Crippen molar-refractivity contribution in [1.29, 1.82) is 0 Å². The van der Waals surface area contributed by atoms with Crippen molar-refractivity contribution in [3.8, 4) is 0 Å². The van der Waals surface area contributed by atoms with Gasteiger partial charge < -0.3 is 15.4 Å². The van der Waals surface area contributed by atoms with Gasteiger partial charge in [-0.05, 0) is 24.1 Å². The molecule has 0 spiro atoms. The molecule has 1 aromatic carbocycles. The second kappa shape index (κ2) is 12.4. The average Bonchev–Trinajstić information content (AvgIpc) is 2.49. The third-order valence-electron chi connectivity index (χ3n) is 2.98. The lowest BCUT2D eigenvalue weighted by Crippen LogP contribution is -2.39. The molecule has 0 saturated heterocycles. The predicted octanol–water partition coefficient (Wildman–Crippen LogP) is 1.21. The number of halogens is 2. The fourth-order valence-corrected chi connectivity index (χ4v) is 2.17. The van der Waals surface area contributed by atoms with E-state index in [1.54, 1.807) is 19.2 Å². The zero-order valence-corrected chi connectivity index (χ0v) is 17.1. The van der Waals surface area contributed by atoms with Crippen LogP contribution in [-0.4, -0.2) is 59.7 Å². The maximum Gasteiger partial charge on any atom is 0.191 e. The molecule has 0 aliphatic carbocycles. The quantitative estimate of drug-likeness (QED) is 0.244. The third kappa shape index (κ3) is 11.6. The van der Waals surface area contributed by atoms with E-state index < -0.39 is 9.84 Å². The van der Waals surface area contributed by atoms with Gasteiger partial charge in [0.25, 0.3) is 0 Å². The smallest absolute Gasteiger partial charge is 0.191 e. The molecule has 0 aliphatic rings. The van der Waals surface area contributed by atoms with Crippen molar-refractivity contribution in [1.82, 2.24) is 10.6 Å². The minimum Gasteiger partial charge on any atom is -0.379 e. The van der Waals surface area contributed by atoms with Gasteiger partial charge in [-0.3, -0.25) is 4.99 Å². The van der Waals surface area contributed by atoms with Crippen molar-refractivity contribution in [3.63, 3.8) is 0 Å². The normalized spacial score (nSPS) is 11.7. The summed E-state index contributed by atoms with van der Waals surface area (Å²) in [7, 11) is -1.31. The lowest BCUT2D eigenvalue weighted by molar-refractivity contribution is 0.154. The van der Waals surface area contributed by atoms with E-state index in [4.69, 9.17) is 4.74 Å². The van der Waals surface area contributed by atoms with Crippen molar-refractivity contribution < 1.29 is 17.5 Å². The van der Waals surface area contributed by atoms with Gasteiger partial charge in [0.15, 0.2) is 5.96 Å². The van der Waals surface area contributed by atoms with E-state index >= 15 is 0 Å². The highest BCUT2D eigenvalue weighted by Crippen LogP contribution is 2.02. The number of ether oxygens (including phenoxy) is 1. The van der Waals surface area contributed by atoms with Crippen LogP contribution >= 0.6 is 24.0 Å². The Morgan fingerprint density at radius 3 is 2.38 bits per heavy atom. The molecule has 6 nitrogen and oxygen atoms in total. The molecule has 0 atom stereocenters. The maximum atomic E-state index is 12.8. The fourth-order valence-electron chi connectivity index (χ4n) is 1.75. The standard InChI is InChI=1S/C15H24FN3O3S.HI/c1-17-15(19-9-10-22-11-12-23(2,20)21)18-8-7-13-3-5-14(16)6-4-13;/h3-6H,7-12H2,1-2H3,(H2,17,18,19);1H. The van der Waals surface area contributed by atoms with Gasteiger partial charge in [-0.2, -0.15) is 0 Å². The number of aliphatic imine (C=N–C) groups is 1. The van der Waals surface area contributed by atoms with Crippen molar-refractivity contribution >= 4 is 39.8 Å². The molecule has 0 amide bonds. The number of rotatable bonds is 9. The molecule has 2 N–H and O–H groups in total. The Labute approximate surface area is 160 Å². The van der Waals surface area contributed by atoms with Crippen LogP contribution in [0.25, 0.3) is 0 Å². The number of nitrogens with zero attached hydrogens (tertiary/aromatic N) is 1. The molecule has 1 rings (SSSR count). The number of benzene rings is 1. The summed E-state index contributed by atoms with van der Waals surface area (Å²) in [6.07, 6.45) is 1.94. The summed E-state index contributed by atoms with van der Waals surface area (Å²) in [5.74, 6) is 0.423. The molecule has 138 valence electrons. The summed E-state index contributed by atoms with van der Waals surface area (Å²) < 4.78 is 39.9. The highest BCUT2D eigenvalue weighted by molar-refractivity contribution is 14.0. The lowest BCUT2D eigenvalue weighted by Gasteiger charge is -2.12. The fraction of sp³-hybridized carbons (Fsp3) is 0.533. The number of nitrogens with one attached hydrogen (secondary N) is 2. The van der Waals surface area contributed by atoms with Gasteiger partial charge in [-0.15, -0.1) is 24.0 Å². The van der Waals surface area contributed by atoms with Crippen molar-refractivity contribution in [2.24, 2.45) is 4.99 Å². The first-order valence-electron chi connectivity index (χ1n) is 7.35. The second-order valence-electron chi connectivity index (χ2n) is 5.04. The van der Waals surface area contributed by atoms with Gasteiger partial charge >= 0.3 is 0 Å². The number of hydrogen-bond donors (Lipinski definition) is 2. The van der Waals surface area contributed by atoms with E-state index in [1.807, 2.05) is 0 Å². The molecule has 1 aromatic rings. The van der Waals surface area contributed by atoms with Crippen LogP contribution in [0.4, 0.5) is 4.39 Å². The minimum absolute atomic E-state index is 0. The maximum absolute atomic E-state index is 12.8. The van der Waals surface area contributed by atoms with Crippen LogP contribution in [0.5, 0.6) is 0 Å². The van der Waals surface area contributed by atoms with Crippen LogP contribution in [-0.2, 0) is 21.0 Å². The number of guanidine groups is 1. The monoisotopic (exact) mass is 473 g/mol. The van der Waals surface area contributed by atoms with E-state index in [2.05, 4.69) is 15.6 Å². The van der Waals surface area contributed by atoms with E-state index in [1.165, 1.54) is 18.4 Å². The number of sulfone groups is 1. The molecular formula is C15H25FIN3O3S. The summed E-state index contributed by atoms with van der Waals surface area (Å²) in [5, 5.41) is 6.21. The Morgan fingerprint density at radius 1 is 1.17 bits per heavy atom. The Hall–Kier alpha value is -0.940. The van der Waals surface area contributed by atoms with Crippen molar-refractivity contribution in [3.05, 3.63) is 35.6 Å². The zero-order chi connectivity index (χ0) is 17.1. The topological polar surface area (TPSA) is 79.8 Å². The first-order chi connectivity index (χ1) is 10.9. The van der Waals surface area contributed by atoms with Crippen LogP contribution in [0.1, 0.15) is 5.56 Å². The summed E-state index contributed by atoms with van der Waals surface area (Å²) in [4.78, 5) is 4.07. The molecule has 0 radical (unpaired) electrons. The van der Waals surface area contributed by atoms with Crippen molar-refractivity contribution in [2.45, 2.75) is 6.42 Å². The highest BCUT2D eigenvalue weighted by Gasteiger charge is 2.02. The van der Waals surface area contributed by atoms with Crippen LogP contribution in [0.3, 0.4) is 0 Å². The number of hydrogen-bond acceptors (Lipinski definition) is 4. The summed E-state index contributed by atoms with van der Waals surface area (Å²) in [6.45, 7) is 1.78. The first kappa shape index (κ1) is 23.1. The van der Waals surface area contributed by atoms with Crippen LogP contribution in [0.2, 0.25) is 0 Å². The largest absolute Gasteiger partial charge is 0.379 e. The Balaban J connectivity index is 0.00000529. The van der Waals surface area contributed by atoms with Gasteiger partial charge in [-0.1, -0.05) is 12.1 Å². The molecule has 24 heavy (non-hydrogen) atoms. The van der Waals surface area contributed by atoms with E-state index in [9.17, 15) is 12.8 Å². The molecule has 0 aliphatic heterocycles. The van der Waals surface area contributed by atoms with Crippen LogP contribution in [0.15, 0.2) is 29.3 Å². The first-order valence-corrected chi connectivity index (χ1v) is 9.41. The molecule has 0 saturated carbocycles. The van der Waals surface area contributed by atoms with Gasteiger partial charge in [0.2, 0.25) is 0 Å². The van der Waals surface area contributed by atoms with E-state index in [0.717, 1.165) is 12.0 Å². The molecule has 0 unspecified atom stereocenters. The SMILES string of the molecule is CN=C(NCCOCCS(C)(=O)=O)NCCc1ccc(F)cc1.I. The van der Waals surface area contributed by atoms with E-state index in [0.29, 0.717) is 25.7 Å². The van der Waals surface area contributed by atoms with Gasteiger partial charge in [-0.25, -0.2) is 12.8 Å². The summed E-state index contributed by atoms with van der Waals surface area (Å²) in [5.41, 5.74) is 1.04. The third-order valence-corrected chi connectivity index (χ3v) is 3.89. The Morgan fingerprint density at radius 2 is 1.79 bits per heavy atom. The molecule has 0 bridgehead atoms. The van der Waals surface area contributed by atoms with Gasteiger partial charge in [0.1, 0.15) is 15.7 Å². The molecule has 9 heteroatoms. The highest BCUT2D eigenvalue weighted by atomic mass is 127. The summed E-state index contributed by atoms with van der Waals surface area (Å²) in [6, 6.07) is 6.39. The van der Waals surface area contributed by atoms with E-state index in [-0.39, 0.29) is 42.2 Å². The summed E-state index contributed by atoms with van der Waals surface area (Å²) >= 11 is 0. The Bertz CT molecular complexity index is 594. The molecule has 0 aromatic heterocycles. The zero-order valence-electron chi connectivity index (χ0n) is 13.9. The van der Waals surface area contributed by atoms with Crippen molar-refractivity contribution in [2.75, 3.05) is 45.4 Å².